The van der Waals surface area contributed by atoms with E-state index in [2.05, 4.69) is 16.0 Å². The van der Waals surface area contributed by atoms with E-state index in [0.717, 1.165) is 0 Å². The maximum atomic E-state index is 12.8. The van der Waals surface area contributed by atoms with E-state index in [-0.39, 0.29) is 17.8 Å². The zero-order valence-electron chi connectivity index (χ0n) is 17.7. The normalized spacial score (nSPS) is 15.5. The number of carboxylic acids is 1. The summed E-state index contributed by atoms with van der Waals surface area (Å²) in [4.78, 5) is 48.2. The van der Waals surface area contributed by atoms with E-state index in [1.165, 1.54) is 0 Å². The molecule has 0 saturated carbocycles. The minimum absolute atomic E-state index is 0.0857. The smallest absolute Gasteiger partial charge is 0.322 e. The molecular weight excluding hydrogens is 364 g/mol. The topological polar surface area (TPSA) is 151 Å². The summed E-state index contributed by atoms with van der Waals surface area (Å²) < 4.78 is 0. The van der Waals surface area contributed by atoms with Crippen LogP contribution in [0.4, 0.5) is 0 Å². The lowest BCUT2D eigenvalue weighted by molar-refractivity contribution is -0.139. The third kappa shape index (κ3) is 9.16. The summed E-state index contributed by atoms with van der Waals surface area (Å²) in [6.45, 7) is 10.6. The average Bonchev–Trinajstić information content (AvgIpc) is 2.61. The lowest BCUT2D eigenvalue weighted by atomic mass is 9.96. The summed E-state index contributed by atoms with van der Waals surface area (Å²) in [6, 6.07) is -2.48. The molecule has 0 aromatic heterocycles. The van der Waals surface area contributed by atoms with Crippen LogP contribution in [0.2, 0.25) is 0 Å². The minimum Gasteiger partial charge on any atom is -0.480 e. The Morgan fingerprint density at radius 2 is 1.50 bits per heavy atom. The van der Waals surface area contributed by atoms with Gasteiger partial charge >= 0.3 is 5.97 Å². The van der Waals surface area contributed by atoms with E-state index < -0.39 is 48.4 Å². The van der Waals surface area contributed by atoms with E-state index in [9.17, 15) is 19.2 Å². The summed E-state index contributed by atoms with van der Waals surface area (Å²) >= 11 is 0. The van der Waals surface area contributed by atoms with Gasteiger partial charge in [-0.05, 0) is 24.2 Å². The van der Waals surface area contributed by atoms with Crippen molar-refractivity contribution in [3.05, 3.63) is 0 Å². The lowest BCUT2D eigenvalue weighted by Gasteiger charge is -2.28. The fourth-order valence-electron chi connectivity index (χ4n) is 2.50. The monoisotopic (exact) mass is 400 g/mol. The van der Waals surface area contributed by atoms with Crippen LogP contribution in [0.15, 0.2) is 0 Å². The second-order valence-corrected chi connectivity index (χ2v) is 7.94. The zero-order valence-corrected chi connectivity index (χ0v) is 17.7. The first-order valence-corrected chi connectivity index (χ1v) is 9.76. The number of nitrogens with two attached hydrogens (primary N) is 1. The number of rotatable bonds is 12. The lowest BCUT2D eigenvalue weighted by Crippen LogP contribution is -2.58. The second-order valence-electron chi connectivity index (χ2n) is 7.94. The average molecular weight is 401 g/mol. The SMILES string of the molecule is CCC(C)C(NC(=O)C(CC(C)C)NC(=O)C(N)C(C)C)C(=O)NCC(=O)O. The maximum absolute atomic E-state index is 12.8. The molecule has 4 atom stereocenters. The Labute approximate surface area is 167 Å². The third-order valence-electron chi connectivity index (χ3n) is 4.57. The fraction of sp³-hybridized carbons (Fsp3) is 0.789. The maximum Gasteiger partial charge on any atom is 0.322 e. The van der Waals surface area contributed by atoms with Crippen molar-refractivity contribution in [3.63, 3.8) is 0 Å². The van der Waals surface area contributed by atoms with Crippen LogP contribution in [0.25, 0.3) is 0 Å². The van der Waals surface area contributed by atoms with Crippen LogP contribution in [0.1, 0.15) is 54.4 Å². The second kappa shape index (κ2) is 12.3. The van der Waals surface area contributed by atoms with E-state index in [4.69, 9.17) is 10.8 Å². The van der Waals surface area contributed by atoms with Gasteiger partial charge in [0.2, 0.25) is 17.7 Å². The van der Waals surface area contributed by atoms with Gasteiger partial charge in [-0.25, -0.2) is 0 Å². The molecule has 4 unspecified atom stereocenters. The van der Waals surface area contributed by atoms with Gasteiger partial charge in [0.15, 0.2) is 0 Å². The molecule has 0 aliphatic rings. The Bertz CT molecular complexity index is 550. The first-order valence-electron chi connectivity index (χ1n) is 9.76. The highest BCUT2D eigenvalue weighted by Crippen LogP contribution is 2.11. The number of carbonyl (C=O) groups is 4. The van der Waals surface area contributed by atoms with Crippen LogP contribution in [-0.2, 0) is 19.2 Å². The van der Waals surface area contributed by atoms with Crippen molar-refractivity contribution in [1.29, 1.82) is 0 Å². The molecule has 6 N–H and O–H groups in total. The predicted octanol–water partition coefficient (Wildman–Crippen LogP) is 0.232. The molecule has 0 fully saturated rings. The quantitative estimate of drug-likeness (QED) is 0.316. The van der Waals surface area contributed by atoms with Gasteiger partial charge in [-0.1, -0.05) is 48.0 Å². The van der Waals surface area contributed by atoms with Crippen molar-refractivity contribution < 1.29 is 24.3 Å². The highest BCUT2D eigenvalue weighted by molar-refractivity contribution is 5.93. The number of hydrogen-bond acceptors (Lipinski definition) is 5. The molecular formula is C19H36N4O5. The molecule has 0 aliphatic carbocycles. The molecule has 0 saturated heterocycles. The molecule has 162 valence electrons. The van der Waals surface area contributed by atoms with Crippen LogP contribution in [-0.4, -0.2) is 53.5 Å². The Hall–Kier alpha value is -2.16. The van der Waals surface area contributed by atoms with Crippen LogP contribution < -0.4 is 21.7 Å². The molecule has 0 rings (SSSR count). The van der Waals surface area contributed by atoms with Crippen molar-refractivity contribution in [2.45, 2.75) is 72.5 Å². The summed E-state index contributed by atoms with van der Waals surface area (Å²) in [5.74, 6) is -2.84. The number of carboxylic acid groups (broad SMARTS) is 1. The van der Waals surface area contributed by atoms with Gasteiger partial charge in [-0.3, -0.25) is 19.2 Å². The summed E-state index contributed by atoms with van der Waals surface area (Å²) in [6.07, 6.45) is 0.983. The largest absolute Gasteiger partial charge is 0.480 e. The van der Waals surface area contributed by atoms with Crippen LogP contribution in [0, 0.1) is 17.8 Å². The molecule has 0 aromatic rings. The summed E-state index contributed by atoms with van der Waals surface area (Å²) in [7, 11) is 0. The van der Waals surface area contributed by atoms with Gasteiger partial charge in [-0.15, -0.1) is 0 Å². The molecule has 0 aromatic carbocycles. The minimum atomic E-state index is -1.17. The van der Waals surface area contributed by atoms with Crippen molar-refractivity contribution in [3.8, 4) is 0 Å². The van der Waals surface area contributed by atoms with Gasteiger partial charge in [0.1, 0.15) is 18.6 Å². The van der Waals surface area contributed by atoms with Crippen LogP contribution in [0.3, 0.4) is 0 Å². The molecule has 0 heterocycles. The highest BCUT2D eigenvalue weighted by Gasteiger charge is 2.31. The number of carbonyl (C=O) groups excluding carboxylic acids is 3. The molecule has 28 heavy (non-hydrogen) atoms. The number of nitrogens with one attached hydrogen (secondary N) is 3. The molecule has 0 bridgehead atoms. The Morgan fingerprint density at radius 3 is 1.93 bits per heavy atom. The first kappa shape index (κ1) is 25.8. The van der Waals surface area contributed by atoms with Crippen molar-refractivity contribution in [2.75, 3.05) is 6.54 Å². The molecule has 0 spiro atoms. The van der Waals surface area contributed by atoms with Crippen LogP contribution >= 0.6 is 0 Å². The van der Waals surface area contributed by atoms with Gasteiger partial charge in [0.05, 0.1) is 6.04 Å². The van der Waals surface area contributed by atoms with E-state index >= 15 is 0 Å². The van der Waals surface area contributed by atoms with Gasteiger partial charge in [0.25, 0.3) is 0 Å². The molecule has 3 amide bonds. The first-order chi connectivity index (χ1) is 12.9. The Morgan fingerprint density at radius 1 is 0.929 bits per heavy atom. The van der Waals surface area contributed by atoms with Gasteiger partial charge in [0, 0.05) is 0 Å². The van der Waals surface area contributed by atoms with Gasteiger partial charge < -0.3 is 26.8 Å². The summed E-state index contributed by atoms with van der Waals surface area (Å²) in [5, 5.41) is 16.4. The molecule has 9 heteroatoms. The standard InChI is InChI=1S/C19H36N4O5/c1-7-12(6)16(19(28)21-9-14(24)25)23-17(26)13(8-10(2)3)22-18(27)15(20)11(4)5/h10-13,15-16H,7-9,20H2,1-6H3,(H,21,28)(H,22,27)(H,23,26)(H,24,25). The van der Waals surface area contributed by atoms with Crippen molar-refractivity contribution >= 4 is 23.7 Å². The van der Waals surface area contributed by atoms with E-state index in [0.29, 0.717) is 12.8 Å². The highest BCUT2D eigenvalue weighted by atomic mass is 16.4. The van der Waals surface area contributed by atoms with Gasteiger partial charge in [-0.2, -0.15) is 0 Å². The van der Waals surface area contributed by atoms with E-state index in [1.807, 2.05) is 34.6 Å². The molecule has 9 nitrogen and oxygen atoms in total. The van der Waals surface area contributed by atoms with Crippen molar-refractivity contribution in [1.82, 2.24) is 16.0 Å². The Balaban J connectivity index is 5.31. The number of amides is 3. The molecule has 0 aliphatic heterocycles. The summed E-state index contributed by atoms with van der Waals surface area (Å²) in [5.41, 5.74) is 5.86. The molecule has 0 radical (unpaired) electrons. The number of aliphatic carboxylic acids is 1. The van der Waals surface area contributed by atoms with E-state index in [1.54, 1.807) is 6.92 Å². The number of hydrogen-bond donors (Lipinski definition) is 5. The Kier molecular flexibility index (Phi) is 11.4. The third-order valence-corrected chi connectivity index (χ3v) is 4.57. The fourth-order valence-corrected chi connectivity index (χ4v) is 2.50. The van der Waals surface area contributed by atoms with Crippen molar-refractivity contribution in [2.24, 2.45) is 23.5 Å². The predicted molar refractivity (Wildman–Crippen MR) is 106 cm³/mol. The zero-order chi connectivity index (χ0) is 22.0. The van der Waals surface area contributed by atoms with Crippen LogP contribution in [0.5, 0.6) is 0 Å².